The van der Waals surface area contributed by atoms with E-state index in [0.717, 1.165) is 14.7 Å². The van der Waals surface area contributed by atoms with E-state index in [9.17, 15) is 14.3 Å². The molecule has 0 fully saturated rings. The van der Waals surface area contributed by atoms with E-state index in [4.69, 9.17) is 4.74 Å². The lowest BCUT2D eigenvalue weighted by Gasteiger charge is -2.09. The van der Waals surface area contributed by atoms with Crippen molar-refractivity contribution in [1.82, 2.24) is 0 Å². The Bertz CT molecular complexity index is 879. The molecule has 0 spiro atoms. The van der Waals surface area contributed by atoms with E-state index in [-0.39, 0.29) is 5.75 Å². The maximum absolute atomic E-state index is 13.4. The van der Waals surface area contributed by atoms with Crippen LogP contribution in [0.25, 0.3) is 0 Å². The zero-order chi connectivity index (χ0) is 17.8. The lowest BCUT2D eigenvalue weighted by Crippen LogP contribution is -2.06. The van der Waals surface area contributed by atoms with Crippen LogP contribution in [0.5, 0.6) is 5.75 Å². The Balaban J connectivity index is 2.08. The molecular formula is C20H16FO3S+. The Morgan fingerprint density at radius 1 is 0.920 bits per heavy atom. The number of phenols is 1. The van der Waals surface area contributed by atoms with Gasteiger partial charge in [-0.3, -0.25) is 0 Å². The molecule has 3 nitrogen and oxygen atoms in total. The van der Waals surface area contributed by atoms with Gasteiger partial charge in [-0.1, -0.05) is 18.2 Å². The number of esters is 1. The summed E-state index contributed by atoms with van der Waals surface area (Å²) < 4.78 is 18.2. The maximum Gasteiger partial charge on any atom is 0.337 e. The maximum atomic E-state index is 13.4. The van der Waals surface area contributed by atoms with Gasteiger partial charge in [0.05, 0.1) is 23.6 Å². The van der Waals surface area contributed by atoms with E-state index >= 15 is 0 Å². The first-order valence-electron chi connectivity index (χ1n) is 7.56. The van der Waals surface area contributed by atoms with Crippen LogP contribution < -0.4 is 0 Å². The molecule has 126 valence electrons. The van der Waals surface area contributed by atoms with Gasteiger partial charge in [0, 0.05) is 6.07 Å². The number of hydrogen-bond donors (Lipinski definition) is 1. The molecule has 1 N–H and O–H groups in total. The summed E-state index contributed by atoms with van der Waals surface area (Å²) in [6.45, 7) is 0. The van der Waals surface area contributed by atoms with Gasteiger partial charge in [-0.25, -0.2) is 9.18 Å². The highest BCUT2D eigenvalue weighted by atomic mass is 32.2. The van der Waals surface area contributed by atoms with Crippen molar-refractivity contribution < 1.29 is 19.0 Å². The normalized spacial score (nSPS) is 11.8. The van der Waals surface area contributed by atoms with E-state index < -0.39 is 22.7 Å². The Kier molecular flexibility index (Phi) is 5.05. The molecule has 0 aliphatic rings. The minimum Gasteiger partial charge on any atom is -0.505 e. The average molecular weight is 355 g/mol. The number of ether oxygens (including phenoxy) is 1. The monoisotopic (exact) mass is 355 g/mol. The quantitative estimate of drug-likeness (QED) is 0.557. The van der Waals surface area contributed by atoms with Gasteiger partial charge in [-0.05, 0) is 48.5 Å². The summed E-state index contributed by atoms with van der Waals surface area (Å²) in [4.78, 5) is 14.4. The molecule has 0 amide bonds. The molecule has 0 bridgehead atoms. The molecule has 0 radical (unpaired) electrons. The summed E-state index contributed by atoms with van der Waals surface area (Å²) in [5, 5.41) is 9.76. The van der Waals surface area contributed by atoms with E-state index in [2.05, 4.69) is 0 Å². The summed E-state index contributed by atoms with van der Waals surface area (Å²) in [6.07, 6.45) is 0. The molecule has 3 aromatic carbocycles. The number of phenolic OH excluding ortho intramolecular Hbond substituents is 1. The first-order valence-corrected chi connectivity index (χ1v) is 8.79. The second-order valence-corrected chi connectivity index (χ2v) is 7.28. The molecule has 5 heteroatoms. The third kappa shape index (κ3) is 3.67. The fraction of sp³-hybridized carbons (Fsp3) is 0.0500. The zero-order valence-corrected chi connectivity index (χ0v) is 14.3. The molecule has 0 saturated carbocycles. The first kappa shape index (κ1) is 17.0. The van der Waals surface area contributed by atoms with Crippen molar-refractivity contribution in [1.29, 1.82) is 0 Å². The van der Waals surface area contributed by atoms with E-state index in [0.29, 0.717) is 5.56 Å². The highest BCUT2D eigenvalue weighted by Crippen LogP contribution is 2.33. The third-order valence-electron chi connectivity index (χ3n) is 3.64. The van der Waals surface area contributed by atoms with Crippen molar-refractivity contribution in [3.63, 3.8) is 0 Å². The van der Waals surface area contributed by atoms with Gasteiger partial charge in [0.1, 0.15) is 0 Å². The predicted molar refractivity (Wildman–Crippen MR) is 94.5 cm³/mol. The fourth-order valence-corrected chi connectivity index (χ4v) is 4.52. The highest BCUT2D eigenvalue weighted by Gasteiger charge is 2.29. The van der Waals surface area contributed by atoms with Crippen LogP contribution in [-0.2, 0) is 15.6 Å². The molecule has 1 atom stereocenters. The number of carbonyl (C=O) groups excluding carboxylic acids is 1. The largest absolute Gasteiger partial charge is 0.505 e. The van der Waals surface area contributed by atoms with Crippen LogP contribution in [0, 0.1) is 5.82 Å². The molecule has 1 unspecified atom stereocenters. The van der Waals surface area contributed by atoms with Crippen molar-refractivity contribution in [2.75, 3.05) is 7.11 Å². The zero-order valence-electron chi connectivity index (χ0n) is 13.5. The SMILES string of the molecule is COC(=O)c1ccc([S+](c2ccccc2)c2ccc(F)c(O)c2)cc1. The second kappa shape index (κ2) is 7.40. The van der Waals surface area contributed by atoms with E-state index in [1.54, 1.807) is 18.2 Å². The Morgan fingerprint density at radius 3 is 2.12 bits per heavy atom. The van der Waals surface area contributed by atoms with Crippen molar-refractivity contribution in [2.24, 2.45) is 0 Å². The second-order valence-electron chi connectivity index (χ2n) is 5.25. The fourth-order valence-electron chi connectivity index (χ4n) is 2.43. The van der Waals surface area contributed by atoms with Gasteiger partial charge in [-0.2, -0.15) is 0 Å². The van der Waals surface area contributed by atoms with Gasteiger partial charge in [0.15, 0.2) is 26.3 Å². The van der Waals surface area contributed by atoms with Crippen molar-refractivity contribution in [2.45, 2.75) is 14.7 Å². The van der Waals surface area contributed by atoms with E-state index in [1.165, 1.54) is 19.2 Å². The summed E-state index contributed by atoms with van der Waals surface area (Å²) in [6, 6.07) is 21.2. The Morgan fingerprint density at radius 2 is 1.52 bits per heavy atom. The molecule has 0 saturated heterocycles. The minimum atomic E-state index is -0.651. The number of benzene rings is 3. The van der Waals surface area contributed by atoms with Gasteiger partial charge in [0.2, 0.25) is 0 Å². The van der Waals surface area contributed by atoms with Crippen molar-refractivity contribution in [3.05, 3.63) is 84.2 Å². The summed E-state index contributed by atoms with van der Waals surface area (Å²) in [5.74, 6) is -1.43. The summed E-state index contributed by atoms with van der Waals surface area (Å²) in [5.41, 5.74) is 0.463. The molecule has 25 heavy (non-hydrogen) atoms. The lowest BCUT2D eigenvalue weighted by atomic mass is 10.2. The summed E-state index contributed by atoms with van der Waals surface area (Å²) >= 11 is 0. The number of aromatic hydroxyl groups is 1. The number of halogens is 1. The molecule has 3 rings (SSSR count). The van der Waals surface area contributed by atoms with Crippen molar-refractivity contribution in [3.8, 4) is 5.75 Å². The van der Waals surface area contributed by atoms with Crippen LogP contribution in [0.2, 0.25) is 0 Å². The highest BCUT2D eigenvalue weighted by molar-refractivity contribution is 7.97. The molecule has 0 aliphatic heterocycles. The van der Waals surface area contributed by atoms with Crippen LogP contribution in [0.15, 0.2) is 87.5 Å². The number of hydrogen-bond acceptors (Lipinski definition) is 3. The Hall–Kier alpha value is -2.79. The number of methoxy groups -OCH3 is 1. The number of rotatable bonds is 4. The van der Waals surface area contributed by atoms with Crippen LogP contribution in [0.4, 0.5) is 4.39 Å². The van der Waals surface area contributed by atoms with E-state index in [1.807, 2.05) is 42.5 Å². The molecule has 0 aromatic heterocycles. The topological polar surface area (TPSA) is 46.5 Å². The third-order valence-corrected chi connectivity index (χ3v) is 5.86. The van der Waals surface area contributed by atoms with Crippen LogP contribution in [0.1, 0.15) is 10.4 Å². The lowest BCUT2D eigenvalue weighted by molar-refractivity contribution is 0.0600. The molecule has 0 aliphatic carbocycles. The van der Waals surface area contributed by atoms with Crippen LogP contribution in [-0.4, -0.2) is 18.2 Å². The standard InChI is InChI=1S/C20H15FO3S/c1-24-20(23)14-7-9-16(10-8-14)25(15-5-3-2-4-6-15)17-11-12-18(21)19(22)13-17/h2-13H,1H3/p+1. The molecule has 0 heterocycles. The molecule has 3 aromatic rings. The minimum absolute atomic E-state index is 0.378. The summed E-state index contributed by atoms with van der Waals surface area (Å²) in [7, 11) is 0.804. The van der Waals surface area contributed by atoms with Gasteiger partial charge in [0.25, 0.3) is 0 Å². The van der Waals surface area contributed by atoms with Crippen LogP contribution >= 0.6 is 0 Å². The van der Waals surface area contributed by atoms with Gasteiger partial charge >= 0.3 is 5.97 Å². The predicted octanol–water partition coefficient (Wildman–Crippen LogP) is 4.41. The van der Waals surface area contributed by atoms with Crippen LogP contribution in [0.3, 0.4) is 0 Å². The van der Waals surface area contributed by atoms with Gasteiger partial charge < -0.3 is 9.84 Å². The first-order chi connectivity index (χ1) is 12.1. The van der Waals surface area contributed by atoms with Gasteiger partial charge in [-0.15, -0.1) is 0 Å². The Labute approximate surface area is 148 Å². The smallest absolute Gasteiger partial charge is 0.337 e. The number of carbonyl (C=O) groups is 1. The molecular weight excluding hydrogens is 339 g/mol. The van der Waals surface area contributed by atoms with Crippen molar-refractivity contribution >= 4 is 16.9 Å². The average Bonchev–Trinajstić information content (AvgIpc) is 2.65.